The molecule has 0 bridgehead atoms. The number of rotatable bonds is 4. The van der Waals surface area contributed by atoms with Crippen molar-refractivity contribution in [3.63, 3.8) is 0 Å². The van der Waals surface area contributed by atoms with Gasteiger partial charge in [0.25, 0.3) is 0 Å². The second kappa shape index (κ2) is 7.43. The molecule has 0 atom stereocenters. The number of anilines is 1. The Bertz CT molecular complexity index is 1000. The molecule has 3 aromatic heterocycles. The topological polar surface area (TPSA) is 107 Å². The number of imidazole rings is 1. The monoisotopic (exact) mass is 384 g/mol. The smallest absolute Gasteiger partial charge is 0.235 e. The zero-order valence-electron chi connectivity index (χ0n) is 13.9. The Hall–Kier alpha value is -2.44. The molecule has 0 unspecified atom stereocenters. The number of aromatic nitrogens is 4. The molecule has 0 fully saturated rings. The highest BCUT2D eigenvalue weighted by atomic mass is 32.2. The van der Waals surface area contributed by atoms with Crippen molar-refractivity contribution in [1.82, 2.24) is 19.9 Å². The van der Waals surface area contributed by atoms with E-state index in [2.05, 4.69) is 31.3 Å². The number of hydrogen-bond donors (Lipinski definition) is 2. The lowest BCUT2D eigenvalue weighted by molar-refractivity contribution is -0.113. The minimum Gasteiger partial charge on any atom is -0.341 e. The lowest BCUT2D eigenvalue weighted by atomic mass is 10.1. The van der Waals surface area contributed by atoms with Crippen molar-refractivity contribution in [2.45, 2.75) is 37.1 Å². The number of carbonyl (C=O) groups is 1. The van der Waals surface area contributed by atoms with Crippen LogP contribution in [0.5, 0.6) is 0 Å². The van der Waals surface area contributed by atoms with Crippen LogP contribution in [0.4, 0.5) is 5.00 Å². The molecule has 1 amide bonds. The number of aryl methyl sites for hydroxylation is 1. The van der Waals surface area contributed by atoms with Gasteiger partial charge in [0.1, 0.15) is 27.9 Å². The Kier molecular flexibility index (Phi) is 4.86. The van der Waals surface area contributed by atoms with Crippen LogP contribution in [0, 0.1) is 11.3 Å². The molecule has 0 aromatic carbocycles. The maximum Gasteiger partial charge on any atom is 0.235 e. The molecule has 26 heavy (non-hydrogen) atoms. The van der Waals surface area contributed by atoms with Crippen molar-refractivity contribution in [1.29, 1.82) is 5.26 Å². The van der Waals surface area contributed by atoms with E-state index in [1.54, 1.807) is 17.7 Å². The van der Waals surface area contributed by atoms with E-state index < -0.39 is 0 Å². The summed E-state index contributed by atoms with van der Waals surface area (Å²) in [6, 6.07) is 2.29. The first-order chi connectivity index (χ1) is 12.8. The highest BCUT2D eigenvalue weighted by Gasteiger charge is 2.21. The lowest BCUT2D eigenvalue weighted by Crippen LogP contribution is -2.14. The molecule has 2 N–H and O–H groups in total. The van der Waals surface area contributed by atoms with Crippen LogP contribution in [-0.2, 0) is 17.6 Å². The van der Waals surface area contributed by atoms with Gasteiger partial charge in [0.2, 0.25) is 5.91 Å². The molecule has 0 saturated heterocycles. The number of thiophene rings is 1. The Labute approximate surface area is 158 Å². The lowest BCUT2D eigenvalue weighted by Gasteiger charge is -2.04. The molecule has 1 aliphatic rings. The summed E-state index contributed by atoms with van der Waals surface area (Å²) in [5.74, 6) is 0.0626. The predicted molar refractivity (Wildman–Crippen MR) is 101 cm³/mol. The van der Waals surface area contributed by atoms with E-state index in [1.165, 1.54) is 29.4 Å². The molecule has 3 heterocycles. The first-order valence-corrected chi connectivity index (χ1v) is 10.2. The van der Waals surface area contributed by atoms with E-state index in [1.807, 2.05) is 0 Å². The van der Waals surface area contributed by atoms with Crippen molar-refractivity contribution in [2.24, 2.45) is 0 Å². The van der Waals surface area contributed by atoms with Crippen molar-refractivity contribution < 1.29 is 4.79 Å². The summed E-state index contributed by atoms with van der Waals surface area (Å²) in [4.78, 5) is 29.0. The summed E-state index contributed by atoms with van der Waals surface area (Å²) in [5, 5.41) is 13.8. The summed E-state index contributed by atoms with van der Waals surface area (Å²) >= 11 is 2.87. The Morgan fingerprint density at radius 2 is 2.19 bits per heavy atom. The van der Waals surface area contributed by atoms with Crippen LogP contribution >= 0.6 is 23.1 Å². The van der Waals surface area contributed by atoms with Gasteiger partial charge in [-0.25, -0.2) is 15.0 Å². The fourth-order valence-corrected chi connectivity index (χ4v) is 5.11. The summed E-state index contributed by atoms with van der Waals surface area (Å²) in [5.41, 5.74) is 3.08. The molecular weight excluding hydrogens is 368 g/mol. The van der Waals surface area contributed by atoms with Crippen LogP contribution < -0.4 is 5.32 Å². The molecule has 4 rings (SSSR count). The number of thioether (sulfide) groups is 1. The summed E-state index contributed by atoms with van der Waals surface area (Å²) in [7, 11) is 0. The second-order valence-corrected chi connectivity index (χ2v) is 8.07. The molecule has 0 radical (unpaired) electrons. The number of H-pyrrole nitrogens is 1. The normalized spacial score (nSPS) is 13.8. The number of amides is 1. The van der Waals surface area contributed by atoms with E-state index in [-0.39, 0.29) is 11.7 Å². The molecule has 0 aliphatic heterocycles. The van der Waals surface area contributed by atoms with Crippen molar-refractivity contribution in [2.75, 3.05) is 11.1 Å². The molecule has 7 nitrogen and oxygen atoms in total. The standard InChI is InChI=1S/C17H16N6OS2/c18-6-11-10-4-2-1-3-5-12(10)26-16(11)23-13(24)7-25-17-14-15(20-8-19-14)21-9-22-17/h8-9H,1-5,7H2,(H,23,24)(H,19,20,21,22). The molecule has 1 aliphatic carbocycles. The fourth-order valence-electron chi connectivity index (χ4n) is 3.10. The van der Waals surface area contributed by atoms with Crippen molar-refractivity contribution in [3.8, 4) is 6.07 Å². The van der Waals surface area contributed by atoms with E-state index >= 15 is 0 Å². The van der Waals surface area contributed by atoms with Crippen molar-refractivity contribution >= 4 is 45.2 Å². The van der Waals surface area contributed by atoms with Crippen LogP contribution in [0.25, 0.3) is 11.2 Å². The zero-order valence-corrected chi connectivity index (χ0v) is 15.5. The van der Waals surface area contributed by atoms with Gasteiger partial charge >= 0.3 is 0 Å². The van der Waals surface area contributed by atoms with Gasteiger partial charge in [-0.15, -0.1) is 11.3 Å². The quantitative estimate of drug-likeness (QED) is 0.406. The van der Waals surface area contributed by atoms with Gasteiger partial charge in [-0.05, 0) is 31.2 Å². The summed E-state index contributed by atoms with van der Waals surface area (Å²) in [6.07, 6.45) is 8.38. The fraction of sp³-hybridized carbons (Fsp3) is 0.353. The maximum atomic E-state index is 12.4. The average molecular weight is 384 g/mol. The van der Waals surface area contributed by atoms with Gasteiger partial charge in [0.15, 0.2) is 5.65 Å². The first-order valence-electron chi connectivity index (χ1n) is 8.37. The van der Waals surface area contributed by atoms with Crippen LogP contribution in [0.2, 0.25) is 0 Å². The zero-order chi connectivity index (χ0) is 17.9. The Balaban J connectivity index is 1.47. The third kappa shape index (κ3) is 3.30. The van der Waals surface area contributed by atoms with Gasteiger partial charge in [0.05, 0.1) is 17.6 Å². The van der Waals surface area contributed by atoms with Crippen LogP contribution in [-0.4, -0.2) is 31.6 Å². The average Bonchev–Trinajstić information content (AvgIpc) is 3.18. The SMILES string of the molecule is N#Cc1c(NC(=O)CSc2ncnc3nc[nH]c23)sc2c1CCCCC2. The Morgan fingerprint density at radius 3 is 3.08 bits per heavy atom. The molecule has 9 heteroatoms. The number of fused-ring (bicyclic) bond motifs is 2. The maximum absolute atomic E-state index is 12.4. The van der Waals surface area contributed by atoms with E-state index in [4.69, 9.17) is 0 Å². The van der Waals surface area contributed by atoms with Gasteiger partial charge in [-0.1, -0.05) is 18.2 Å². The molecule has 0 saturated carbocycles. The van der Waals surface area contributed by atoms with Gasteiger partial charge < -0.3 is 10.3 Å². The Morgan fingerprint density at radius 1 is 1.31 bits per heavy atom. The number of nitrogens with one attached hydrogen (secondary N) is 2. The number of nitrogens with zero attached hydrogens (tertiary/aromatic N) is 4. The molecule has 132 valence electrons. The predicted octanol–water partition coefficient (Wildman–Crippen LogP) is 3.29. The van der Waals surface area contributed by atoms with Crippen LogP contribution in [0.15, 0.2) is 17.7 Å². The minimum absolute atomic E-state index is 0.144. The minimum atomic E-state index is -0.144. The third-order valence-electron chi connectivity index (χ3n) is 4.31. The summed E-state index contributed by atoms with van der Waals surface area (Å²) in [6.45, 7) is 0. The molecular formula is C17H16N6OS2. The highest BCUT2D eigenvalue weighted by Crippen LogP contribution is 2.37. The first kappa shape index (κ1) is 17.0. The molecule has 3 aromatic rings. The van der Waals surface area contributed by atoms with E-state index in [0.717, 1.165) is 36.8 Å². The molecule has 0 spiro atoms. The van der Waals surface area contributed by atoms with Crippen LogP contribution in [0.1, 0.15) is 35.3 Å². The van der Waals surface area contributed by atoms with Crippen molar-refractivity contribution in [3.05, 3.63) is 28.7 Å². The number of carbonyl (C=O) groups excluding carboxylic acids is 1. The summed E-state index contributed by atoms with van der Waals surface area (Å²) < 4.78 is 0. The number of hydrogen-bond acceptors (Lipinski definition) is 7. The largest absolute Gasteiger partial charge is 0.341 e. The van der Waals surface area contributed by atoms with Gasteiger partial charge in [-0.2, -0.15) is 5.26 Å². The highest BCUT2D eigenvalue weighted by molar-refractivity contribution is 8.00. The third-order valence-corrected chi connectivity index (χ3v) is 6.51. The van der Waals surface area contributed by atoms with Crippen LogP contribution in [0.3, 0.4) is 0 Å². The van der Waals surface area contributed by atoms with E-state index in [9.17, 15) is 10.1 Å². The van der Waals surface area contributed by atoms with E-state index in [0.29, 0.717) is 21.2 Å². The second-order valence-electron chi connectivity index (χ2n) is 6.00. The number of nitriles is 1. The number of aromatic amines is 1. The van der Waals surface area contributed by atoms with Gasteiger partial charge in [0, 0.05) is 4.88 Å². The van der Waals surface area contributed by atoms with Gasteiger partial charge in [-0.3, -0.25) is 4.79 Å².